The Morgan fingerprint density at radius 1 is 1.00 bits per heavy atom. The Morgan fingerprint density at radius 3 is 2.41 bits per heavy atom. The Morgan fingerprint density at radius 2 is 1.72 bits per heavy atom. The summed E-state index contributed by atoms with van der Waals surface area (Å²) < 4.78 is 1.91. The van der Waals surface area contributed by atoms with E-state index < -0.39 is 0 Å². The minimum atomic E-state index is -0.188. The van der Waals surface area contributed by atoms with E-state index in [4.69, 9.17) is 9.97 Å². The number of aliphatic hydroxyl groups excluding tert-OH is 1. The maximum atomic E-state index is 12.9. The summed E-state index contributed by atoms with van der Waals surface area (Å²) >= 11 is 0. The number of fused-ring (bicyclic) bond motifs is 1. The van der Waals surface area contributed by atoms with E-state index in [-0.39, 0.29) is 18.9 Å². The van der Waals surface area contributed by atoms with E-state index in [0.29, 0.717) is 16.9 Å². The number of rotatable bonds is 9. The van der Waals surface area contributed by atoms with Crippen molar-refractivity contribution in [3.8, 4) is 0 Å². The van der Waals surface area contributed by atoms with Gasteiger partial charge in [0.05, 0.1) is 18.8 Å². The second-order valence-corrected chi connectivity index (χ2v) is 7.78. The van der Waals surface area contributed by atoms with Crippen LogP contribution in [-0.2, 0) is 19.6 Å². The average Bonchev–Trinajstić information content (AvgIpc) is 3.17. The first-order valence-electron chi connectivity index (χ1n) is 11.0. The first-order valence-corrected chi connectivity index (χ1v) is 11.0. The van der Waals surface area contributed by atoms with Crippen molar-refractivity contribution in [1.82, 2.24) is 14.5 Å². The molecule has 0 saturated heterocycles. The largest absolute Gasteiger partial charge is 0.390 e. The van der Waals surface area contributed by atoms with Crippen LogP contribution >= 0.6 is 0 Å². The summed E-state index contributed by atoms with van der Waals surface area (Å²) in [4.78, 5) is 22.5. The number of aliphatic hydroxyl groups is 1. The topological polar surface area (TPSA) is 68.0 Å². The number of Topliss-reactive ketones (excluding diaryl/α,β-unsaturated/α-hetero) is 1. The van der Waals surface area contributed by atoms with Crippen molar-refractivity contribution in [2.24, 2.45) is 0 Å². The average molecular weight is 426 g/mol. The number of aromatic nitrogens is 3. The number of ketones is 1. The third kappa shape index (κ3) is 4.84. The number of aryl methyl sites for hydroxylation is 1. The molecule has 2 heterocycles. The number of carbonyl (C=O) groups is 1. The lowest BCUT2D eigenvalue weighted by atomic mass is 10.1. The third-order valence-corrected chi connectivity index (χ3v) is 5.47. The van der Waals surface area contributed by atoms with Gasteiger partial charge in [0.2, 0.25) is 0 Å². The highest BCUT2D eigenvalue weighted by Gasteiger charge is 2.17. The molecule has 2 aromatic heterocycles. The van der Waals surface area contributed by atoms with E-state index >= 15 is 0 Å². The van der Waals surface area contributed by atoms with Crippen LogP contribution in [0, 0.1) is 0 Å². The number of benzene rings is 2. The lowest BCUT2D eigenvalue weighted by Gasteiger charge is -2.09. The van der Waals surface area contributed by atoms with Crippen molar-refractivity contribution < 1.29 is 9.90 Å². The van der Waals surface area contributed by atoms with Crippen molar-refractivity contribution in [3.05, 3.63) is 94.9 Å². The van der Waals surface area contributed by atoms with E-state index in [1.165, 1.54) is 0 Å². The Labute approximate surface area is 188 Å². The molecule has 0 amide bonds. The number of imidazole rings is 1. The monoisotopic (exact) mass is 425 g/mol. The summed E-state index contributed by atoms with van der Waals surface area (Å²) in [6.07, 6.45) is 6.74. The third-order valence-electron chi connectivity index (χ3n) is 5.47. The lowest BCUT2D eigenvalue weighted by molar-refractivity contribution is 0.0972. The Bertz CT molecular complexity index is 1230. The quantitative estimate of drug-likeness (QED) is 0.369. The van der Waals surface area contributed by atoms with Gasteiger partial charge >= 0.3 is 0 Å². The highest BCUT2D eigenvalue weighted by molar-refractivity contribution is 5.96. The van der Waals surface area contributed by atoms with Crippen LogP contribution < -0.4 is 0 Å². The molecule has 4 rings (SSSR count). The number of hydrogen-bond donors (Lipinski definition) is 1. The van der Waals surface area contributed by atoms with Gasteiger partial charge in [-0.3, -0.25) is 4.79 Å². The highest BCUT2D eigenvalue weighted by Crippen LogP contribution is 2.22. The van der Waals surface area contributed by atoms with E-state index in [9.17, 15) is 9.90 Å². The van der Waals surface area contributed by atoms with Crippen LogP contribution in [0.5, 0.6) is 0 Å². The van der Waals surface area contributed by atoms with Gasteiger partial charge in [0.1, 0.15) is 11.3 Å². The maximum absolute atomic E-state index is 12.9. The van der Waals surface area contributed by atoms with Gasteiger partial charge in [-0.2, -0.15) is 0 Å². The maximum Gasteiger partial charge on any atom is 0.182 e. The van der Waals surface area contributed by atoms with Crippen molar-refractivity contribution in [3.63, 3.8) is 0 Å². The second kappa shape index (κ2) is 10.2. The molecule has 1 N–H and O–H groups in total. The molecule has 0 aliphatic heterocycles. The van der Waals surface area contributed by atoms with Gasteiger partial charge in [-0.25, -0.2) is 9.97 Å². The van der Waals surface area contributed by atoms with Crippen LogP contribution in [0.1, 0.15) is 52.8 Å². The van der Waals surface area contributed by atoms with Gasteiger partial charge in [0.15, 0.2) is 11.4 Å². The smallest absolute Gasteiger partial charge is 0.182 e. The van der Waals surface area contributed by atoms with Crippen molar-refractivity contribution >= 4 is 29.1 Å². The van der Waals surface area contributed by atoms with Gasteiger partial charge in [-0.05, 0) is 18.1 Å². The highest BCUT2D eigenvalue weighted by atomic mass is 16.3. The molecule has 0 bridgehead atoms. The van der Waals surface area contributed by atoms with Gasteiger partial charge < -0.3 is 9.67 Å². The molecule has 0 unspecified atom stereocenters. The zero-order chi connectivity index (χ0) is 22.3. The number of carbonyl (C=O) groups excluding carboxylic acids is 1. The van der Waals surface area contributed by atoms with E-state index in [1.807, 2.05) is 83.4 Å². The molecule has 0 aliphatic rings. The molecule has 0 spiro atoms. The summed E-state index contributed by atoms with van der Waals surface area (Å²) in [5, 5.41) is 9.98. The molecular weight excluding hydrogens is 398 g/mol. The fourth-order valence-electron chi connectivity index (χ4n) is 3.72. The zero-order valence-corrected chi connectivity index (χ0v) is 18.2. The minimum absolute atomic E-state index is 0.0167. The fraction of sp³-hybridized carbons (Fsp3) is 0.222. The Hall–Kier alpha value is -3.57. The minimum Gasteiger partial charge on any atom is -0.390 e. The SMILES string of the molecule is CCCCc1nc2cc(/C=C/c3ccccc3)c(CO)nc2n1CC(=O)c1ccccc1. The number of hydrogen-bond acceptors (Lipinski definition) is 4. The van der Waals surface area contributed by atoms with E-state index in [2.05, 4.69) is 6.92 Å². The van der Waals surface area contributed by atoms with E-state index in [0.717, 1.165) is 41.7 Å². The molecule has 0 saturated carbocycles. The molecule has 0 fully saturated rings. The van der Waals surface area contributed by atoms with Crippen molar-refractivity contribution in [2.45, 2.75) is 39.3 Å². The molecule has 32 heavy (non-hydrogen) atoms. The zero-order valence-electron chi connectivity index (χ0n) is 18.2. The standard InChI is InChI=1S/C27H27N3O2/c1-2-3-14-26-28-23-17-22(16-15-20-10-6-4-7-11-20)24(19-31)29-27(23)30(26)18-25(32)21-12-8-5-9-13-21/h4-13,15-17,31H,2-3,14,18-19H2,1H3/b16-15+. The lowest BCUT2D eigenvalue weighted by Crippen LogP contribution is -2.14. The summed E-state index contributed by atoms with van der Waals surface area (Å²) in [5.74, 6) is 0.870. The Balaban J connectivity index is 1.74. The number of pyridine rings is 1. The second-order valence-electron chi connectivity index (χ2n) is 7.78. The molecule has 2 aromatic carbocycles. The molecule has 0 atom stereocenters. The van der Waals surface area contributed by atoms with Gasteiger partial charge in [0, 0.05) is 17.5 Å². The molecule has 0 aliphatic carbocycles. The molecule has 5 heteroatoms. The van der Waals surface area contributed by atoms with Gasteiger partial charge in [0.25, 0.3) is 0 Å². The first-order chi connectivity index (χ1) is 15.7. The number of nitrogens with zero attached hydrogens (tertiary/aromatic N) is 3. The van der Waals surface area contributed by atoms with Crippen LogP contribution in [-0.4, -0.2) is 25.4 Å². The van der Waals surface area contributed by atoms with Crippen LogP contribution in [0.25, 0.3) is 23.3 Å². The number of unbranched alkanes of at least 4 members (excludes halogenated alkanes) is 1. The molecule has 162 valence electrons. The van der Waals surface area contributed by atoms with Crippen LogP contribution in [0.3, 0.4) is 0 Å². The summed E-state index contributed by atoms with van der Waals surface area (Å²) in [7, 11) is 0. The Kier molecular flexibility index (Phi) is 6.87. The normalized spacial score (nSPS) is 11.4. The molecule has 4 aromatic rings. The van der Waals surface area contributed by atoms with E-state index in [1.54, 1.807) is 0 Å². The summed E-state index contributed by atoms with van der Waals surface area (Å²) in [6.45, 7) is 2.12. The van der Waals surface area contributed by atoms with Gasteiger partial charge in [-0.15, -0.1) is 0 Å². The van der Waals surface area contributed by atoms with Crippen molar-refractivity contribution in [2.75, 3.05) is 0 Å². The molecular formula is C27H27N3O2. The summed E-state index contributed by atoms with van der Waals surface area (Å²) in [6, 6.07) is 21.2. The van der Waals surface area contributed by atoms with Crippen LogP contribution in [0.2, 0.25) is 0 Å². The predicted octanol–water partition coefficient (Wildman–Crippen LogP) is 5.32. The van der Waals surface area contributed by atoms with Crippen LogP contribution in [0.4, 0.5) is 0 Å². The summed E-state index contributed by atoms with van der Waals surface area (Å²) in [5.41, 5.74) is 4.51. The molecule has 0 radical (unpaired) electrons. The first kappa shape index (κ1) is 21.7. The van der Waals surface area contributed by atoms with Gasteiger partial charge in [-0.1, -0.05) is 86.2 Å². The predicted molar refractivity (Wildman–Crippen MR) is 128 cm³/mol. The van der Waals surface area contributed by atoms with Crippen LogP contribution in [0.15, 0.2) is 66.7 Å². The fourth-order valence-corrected chi connectivity index (χ4v) is 3.72. The molecule has 5 nitrogen and oxygen atoms in total. The van der Waals surface area contributed by atoms with Crippen molar-refractivity contribution in [1.29, 1.82) is 0 Å².